The molecule has 8 heteroatoms. The lowest BCUT2D eigenvalue weighted by Gasteiger charge is -2.35. The van der Waals surface area contributed by atoms with Crippen LogP contribution < -0.4 is 0 Å². The summed E-state index contributed by atoms with van der Waals surface area (Å²) in [6, 6.07) is 7.67. The maximum atomic E-state index is 12.9. The molecule has 0 aliphatic carbocycles. The predicted octanol–water partition coefficient (Wildman–Crippen LogP) is 2.88. The molecule has 1 unspecified atom stereocenters. The van der Waals surface area contributed by atoms with Crippen LogP contribution in [-0.2, 0) is 14.8 Å². The van der Waals surface area contributed by atoms with Crippen LogP contribution in [0.2, 0.25) is 5.15 Å². The molecule has 2 aromatic rings. The van der Waals surface area contributed by atoms with E-state index in [0.717, 1.165) is 35.9 Å². The van der Waals surface area contributed by atoms with Crippen LogP contribution in [0.1, 0.15) is 36.0 Å². The van der Waals surface area contributed by atoms with Crippen molar-refractivity contribution in [1.82, 2.24) is 8.87 Å². The van der Waals surface area contributed by atoms with E-state index in [1.807, 2.05) is 0 Å². The van der Waals surface area contributed by atoms with Gasteiger partial charge in [-0.3, -0.25) is 0 Å². The van der Waals surface area contributed by atoms with Crippen LogP contribution >= 0.6 is 11.6 Å². The van der Waals surface area contributed by atoms with E-state index >= 15 is 0 Å². The minimum absolute atomic E-state index is 0.116. The molecule has 1 aromatic carbocycles. The molecule has 0 amide bonds. The van der Waals surface area contributed by atoms with Crippen LogP contribution in [0.15, 0.2) is 24.3 Å². The smallest absolute Gasteiger partial charge is 0.342 e. The summed E-state index contributed by atoms with van der Waals surface area (Å²) in [4.78, 5) is 15.2. The van der Waals surface area contributed by atoms with Crippen LogP contribution in [0.4, 0.5) is 0 Å². The van der Waals surface area contributed by atoms with Crippen LogP contribution in [0.25, 0.3) is 10.9 Å². The van der Waals surface area contributed by atoms with Crippen LogP contribution in [-0.4, -0.2) is 54.8 Å². The van der Waals surface area contributed by atoms with Gasteiger partial charge in [0.25, 0.3) is 0 Å². The first kappa shape index (κ1) is 17.8. The molecule has 3 atom stereocenters. The second-order valence-electron chi connectivity index (χ2n) is 7.26. The van der Waals surface area contributed by atoms with Crippen molar-refractivity contribution in [3.05, 3.63) is 35.0 Å². The van der Waals surface area contributed by atoms with E-state index in [1.54, 1.807) is 24.3 Å². The average molecular weight is 397 g/mol. The minimum atomic E-state index is -3.65. The summed E-state index contributed by atoms with van der Waals surface area (Å²) in [7, 11) is -1.53. The van der Waals surface area contributed by atoms with Gasteiger partial charge in [-0.2, -0.15) is 0 Å². The van der Waals surface area contributed by atoms with Crippen molar-refractivity contribution in [2.45, 2.75) is 43.9 Å². The van der Waals surface area contributed by atoms with Crippen molar-refractivity contribution < 1.29 is 17.9 Å². The first-order valence-corrected chi connectivity index (χ1v) is 10.9. The number of ether oxygens (including phenoxy) is 1. The minimum Gasteiger partial charge on any atom is -0.459 e. The topological polar surface area (TPSA) is 68.6 Å². The largest absolute Gasteiger partial charge is 0.459 e. The molecule has 2 aliphatic heterocycles. The molecule has 2 fully saturated rings. The summed E-state index contributed by atoms with van der Waals surface area (Å²) in [5, 5.41) is 0.374. The van der Waals surface area contributed by atoms with Gasteiger partial charge in [-0.1, -0.05) is 29.8 Å². The number of carbonyl (C=O) groups is 1. The van der Waals surface area contributed by atoms with E-state index in [9.17, 15) is 13.2 Å². The molecule has 4 rings (SSSR count). The van der Waals surface area contributed by atoms with Gasteiger partial charge in [0.05, 0.1) is 11.8 Å². The van der Waals surface area contributed by atoms with E-state index in [0.29, 0.717) is 23.0 Å². The molecule has 0 saturated carbocycles. The molecule has 0 radical (unpaired) electrons. The number of nitrogens with zero attached hydrogens (tertiary/aromatic N) is 2. The normalized spacial score (nSPS) is 26.3. The van der Waals surface area contributed by atoms with Crippen molar-refractivity contribution in [2.75, 3.05) is 13.3 Å². The number of benzene rings is 1. The van der Waals surface area contributed by atoms with Crippen LogP contribution in [0, 0.1) is 0 Å². The van der Waals surface area contributed by atoms with Crippen molar-refractivity contribution in [1.29, 1.82) is 0 Å². The number of fused-ring (bicyclic) bond motifs is 3. The van der Waals surface area contributed by atoms with Gasteiger partial charge in [-0.05, 0) is 26.0 Å². The fraction of sp³-hybridized carbons (Fsp3) is 0.500. The van der Waals surface area contributed by atoms with Gasteiger partial charge >= 0.3 is 5.97 Å². The summed E-state index contributed by atoms with van der Waals surface area (Å²) in [6.07, 6.45) is 4.77. The van der Waals surface area contributed by atoms with E-state index in [2.05, 4.69) is 11.9 Å². The number of para-hydroxylation sites is 1. The molecule has 26 heavy (non-hydrogen) atoms. The molecule has 1 aromatic heterocycles. The Hall–Kier alpha value is -1.57. The van der Waals surface area contributed by atoms with Crippen LogP contribution in [0.5, 0.6) is 0 Å². The molecule has 140 valence electrons. The molecular weight excluding hydrogens is 376 g/mol. The zero-order chi connectivity index (χ0) is 18.6. The highest BCUT2D eigenvalue weighted by Crippen LogP contribution is 2.37. The van der Waals surface area contributed by atoms with Gasteiger partial charge in [0, 0.05) is 30.3 Å². The highest BCUT2D eigenvalue weighted by Gasteiger charge is 2.40. The summed E-state index contributed by atoms with van der Waals surface area (Å²) < 4.78 is 31.1. The number of esters is 1. The fourth-order valence-corrected chi connectivity index (χ4v) is 5.91. The Morgan fingerprint density at radius 3 is 2.42 bits per heavy atom. The summed E-state index contributed by atoms with van der Waals surface area (Å²) in [5.74, 6) is -0.553. The molecule has 2 bridgehead atoms. The van der Waals surface area contributed by atoms with Crippen LogP contribution in [0.3, 0.4) is 0 Å². The summed E-state index contributed by atoms with van der Waals surface area (Å²) in [6.45, 7) is 0. The number of hydrogen-bond donors (Lipinski definition) is 0. The third kappa shape index (κ3) is 2.82. The Morgan fingerprint density at radius 1 is 1.19 bits per heavy atom. The van der Waals surface area contributed by atoms with Crippen molar-refractivity contribution >= 4 is 38.5 Å². The monoisotopic (exact) mass is 396 g/mol. The molecule has 0 N–H and O–H groups in total. The molecular formula is C18H21ClN2O4S. The second-order valence-corrected chi connectivity index (χ2v) is 9.45. The number of carbonyl (C=O) groups excluding carboxylic acids is 1. The van der Waals surface area contributed by atoms with Gasteiger partial charge in [0.2, 0.25) is 10.0 Å². The Kier molecular flexibility index (Phi) is 4.28. The zero-order valence-electron chi connectivity index (χ0n) is 14.7. The lowest BCUT2D eigenvalue weighted by Crippen LogP contribution is -2.43. The van der Waals surface area contributed by atoms with Crippen molar-refractivity contribution in [2.24, 2.45) is 0 Å². The number of hydrogen-bond acceptors (Lipinski definition) is 5. The van der Waals surface area contributed by atoms with Crippen molar-refractivity contribution in [3.8, 4) is 0 Å². The van der Waals surface area contributed by atoms with E-state index < -0.39 is 16.0 Å². The summed E-state index contributed by atoms with van der Waals surface area (Å²) in [5.41, 5.74) is 0.509. The SMILES string of the molecule is CN1[C@@H]2CC[C@H]1CC(OC(=O)c1c(Cl)n(S(C)(=O)=O)c3ccccc13)C2. The Morgan fingerprint density at radius 2 is 1.81 bits per heavy atom. The third-order valence-electron chi connectivity index (χ3n) is 5.64. The molecule has 6 nitrogen and oxygen atoms in total. The van der Waals surface area contributed by atoms with Crippen molar-refractivity contribution in [3.63, 3.8) is 0 Å². The van der Waals surface area contributed by atoms with Gasteiger partial charge < -0.3 is 9.64 Å². The van der Waals surface area contributed by atoms with Gasteiger partial charge in [0.15, 0.2) is 0 Å². The fourth-order valence-electron chi connectivity index (χ4n) is 4.37. The maximum Gasteiger partial charge on any atom is 0.342 e. The molecule has 0 spiro atoms. The first-order valence-electron chi connectivity index (χ1n) is 8.69. The standard InChI is InChI=1S/C18H21ClN2O4S/c1-20-11-7-8-12(20)10-13(9-11)25-18(22)16-14-5-3-4-6-15(14)21(17(16)19)26(2,23)24/h3-6,11-13H,7-10H2,1-2H3/t11-,12+,13?. The Bertz CT molecular complexity index is 970. The molecule has 3 heterocycles. The number of rotatable bonds is 3. The maximum absolute atomic E-state index is 12.9. The predicted molar refractivity (Wildman–Crippen MR) is 100 cm³/mol. The van der Waals surface area contributed by atoms with E-state index in [4.69, 9.17) is 16.3 Å². The molecule has 2 saturated heterocycles. The highest BCUT2D eigenvalue weighted by atomic mass is 35.5. The number of aromatic nitrogens is 1. The van der Waals surface area contributed by atoms with Gasteiger partial charge in [-0.25, -0.2) is 17.2 Å². The van der Waals surface area contributed by atoms with E-state index in [1.165, 1.54) is 0 Å². The van der Waals surface area contributed by atoms with Gasteiger partial charge in [-0.15, -0.1) is 0 Å². The highest BCUT2D eigenvalue weighted by molar-refractivity contribution is 7.89. The zero-order valence-corrected chi connectivity index (χ0v) is 16.3. The van der Waals surface area contributed by atoms with E-state index in [-0.39, 0.29) is 16.8 Å². The lowest BCUT2D eigenvalue weighted by molar-refractivity contribution is -0.000247. The molecule has 2 aliphatic rings. The Balaban J connectivity index is 1.69. The second kappa shape index (κ2) is 6.25. The third-order valence-corrected chi connectivity index (χ3v) is 7.14. The lowest BCUT2D eigenvalue weighted by atomic mass is 10.0. The Labute approximate surface area is 157 Å². The average Bonchev–Trinajstić information content (AvgIpc) is 2.95. The summed E-state index contributed by atoms with van der Waals surface area (Å²) >= 11 is 6.32. The number of halogens is 1. The van der Waals surface area contributed by atoms with Gasteiger partial charge in [0.1, 0.15) is 16.8 Å². The first-order chi connectivity index (χ1) is 12.3. The quantitative estimate of drug-likeness (QED) is 0.746. The number of piperidine rings is 1.